The third-order valence-electron chi connectivity index (χ3n) is 2.55. The first-order valence-corrected chi connectivity index (χ1v) is 9.51. The van der Waals surface area contributed by atoms with Crippen molar-refractivity contribution >= 4 is 24.0 Å². The van der Waals surface area contributed by atoms with Gasteiger partial charge in [-0.05, 0) is 25.3 Å². The number of aromatic nitrogens is 1. The molecule has 1 rings (SSSR count). The Labute approximate surface area is 159 Å². The van der Waals surface area contributed by atoms with E-state index in [1.165, 1.54) is 24.3 Å². The fraction of sp³-hybridized carbons (Fsp3) is 0.471. The van der Waals surface area contributed by atoms with E-state index in [1.807, 2.05) is 34.0 Å². The smallest absolute Gasteiger partial charge is 0.294 e. The summed E-state index contributed by atoms with van der Waals surface area (Å²) in [5.74, 6) is -0.313. The third kappa shape index (κ3) is 12.0. The number of allylic oxidation sites excluding steroid dienone is 1. The molecule has 1 aromatic heterocycles. The highest BCUT2D eigenvalue weighted by molar-refractivity contribution is 8.02. The number of carbonyl (C=O) groups excluding carboxylic acids is 1. The van der Waals surface area contributed by atoms with Gasteiger partial charge in [0.25, 0.3) is 11.0 Å². The molecule has 0 aliphatic rings. The van der Waals surface area contributed by atoms with Gasteiger partial charge in [-0.1, -0.05) is 27.7 Å². The van der Waals surface area contributed by atoms with Crippen LogP contribution in [0.1, 0.15) is 51.4 Å². The average molecular weight is 385 g/mol. The number of amides is 1. The zero-order chi connectivity index (χ0) is 20.4. The average Bonchev–Trinajstić information content (AvgIpc) is 2.68. The molecule has 8 nitrogen and oxygen atoms in total. The molecule has 0 aliphatic carbocycles. The lowest BCUT2D eigenvalue weighted by Gasteiger charge is -2.05. The van der Waals surface area contributed by atoms with Crippen molar-refractivity contribution in [1.82, 2.24) is 10.3 Å². The first-order chi connectivity index (χ1) is 12.5. The monoisotopic (exact) mass is 384 g/mol. The minimum absolute atomic E-state index is 0.0297. The molecule has 0 saturated carbocycles. The van der Waals surface area contributed by atoms with Crippen molar-refractivity contribution in [2.45, 2.75) is 41.0 Å². The molecule has 1 N–H and O–H groups in total. The highest BCUT2D eigenvalue weighted by Gasteiger charge is 2.04. The number of nitrogens with zero attached hydrogens (tertiary/aromatic N) is 3. The molecule has 1 heterocycles. The second kappa shape index (κ2) is 17.4. The molecule has 26 heavy (non-hydrogen) atoms. The Morgan fingerprint density at radius 2 is 2.08 bits per heavy atom. The number of nitrogens with one attached hydrogen (secondary N) is 1. The fourth-order valence-corrected chi connectivity index (χ4v) is 2.12. The van der Waals surface area contributed by atoms with Gasteiger partial charge in [0.2, 0.25) is 0 Å². The molecule has 0 spiro atoms. The number of hydrogen-bond acceptors (Lipinski definition) is 7. The van der Waals surface area contributed by atoms with E-state index in [-0.39, 0.29) is 12.5 Å². The Morgan fingerprint density at radius 1 is 1.42 bits per heavy atom. The van der Waals surface area contributed by atoms with E-state index >= 15 is 0 Å². The van der Waals surface area contributed by atoms with E-state index in [1.54, 1.807) is 25.3 Å². The molecule has 1 aromatic rings. The Morgan fingerprint density at radius 3 is 2.58 bits per heavy atom. The molecule has 9 heteroatoms. The normalized spacial score (nSPS) is 10.5. The van der Waals surface area contributed by atoms with Gasteiger partial charge in [-0.3, -0.25) is 9.78 Å². The van der Waals surface area contributed by atoms with Crippen molar-refractivity contribution in [2.24, 2.45) is 4.99 Å². The van der Waals surface area contributed by atoms with E-state index in [2.05, 4.69) is 20.1 Å². The number of rotatable bonds is 8. The van der Waals surface area contributed by atoms with E-state index in [0.29, 0.717) is 17.7 Å². The number of hydrogen-bond donors (Lipinski definition) is 1. The fourth-order valence-electron chi connectivity index (χ4n) is 1.48. The molecular weight excluding hydrogens is 356 g/mol. The summed E-state index contributed by atoms with van der Waals surface area (Å²) in [5.41, 5.74) is 1.09. The molecule has 0 saturated heterocycles. The van der Waals surface area contributed by atoms with Gasteiger partial charge in [-0.25, -0.2) is 4.99 Å². The predicted octanol–water partition coefficient (Wildman–Crippen LogP) is 4.09. The van der Waals surface area contributed by atoms with Crippen LogP contribution in [-0.2, 0) is 4.84 Å². The lowest BCUT2D eigenvalue weighted by atomic mass is 10.3. The molecule has 0 radical (unpaired) electrons. The predicted molar refractivity (Wildman–Crippen MR) is 107 cm³/mol. The Balaban J connectivity index is 0. The Bertz CT molecular complexity index is 577. The number of carbonyl (C=O) groups is 1. The van der Waals surface area contributed by atoms with E-state index in [9.17, 15) is 14.9 Å². The molecule has 1 amide bonds. The summed E-state index contributed by atoms with van der Waals surface area (Å²) in [6.07, 6.45) is 6.54. The van der Waals surface area contributed by atoms with Crippen molar-refractivity contribution in [3.63, 3.8) is 0 Å². The van der Waals surface area contributed by atoms with Crippen molar-refractivity contribution in [2.75, 3.05) is 12.9 Å². The molecule has 0 unspecified atom stereocenters. The van der Waals surface area contributed by atoms with E-state index in [0.717, 1.165) is 4.91 Å². The molecule has 0 fully saturated rings. The standard InChI is InChI=1S/C13H16N4O4S.2C2H6/c1-10(12(22-2)5-7-21-17(19)20)15-9-16-13(18)11-4-3-6-14-8-11;2*1-2/h3-4,6,8-9H,5,7H2,1-2H3,(H,15,16,18);2*1-2H3/b12-10-;;. The molecule has 0 aliphatic heterocycles. The van der Waals surface area contributed by atoms with Gasteiger partial charge >= 0.3 is 0 Å². The van der Waals surface area contributed by atoms with Crippen molar-refractivity contribution in [1.29, 1.82) is 0 Å². The van der Waals surface area contributed by atoms with Crippen LogP contribution in [0.15, 0.2) is 40.1 Å². The quantitative estimate of drug-likeness (QED) is 0.313. The molecular formula is C17H28N4O4S. The SMILES string of the molecule is CC.CC.CS/C(CCO[N+](=O)[O-])=C(/C)N=CNC(=O)c1cccnc1. The van der Waals surface area contributed by atoms with E-state index in [4.69, 9.17) is 0 Å². The van der Waals surface area contributed by atoms with Crippen molar-refractivity contribution in [3.8, 4) is 0 Å². The zero-order valence-electron chi connectivity index (χ0n) is 16.2. The minimum atomic E-state index is -0.829. The molecule has 0 bridgehead atoms. The largest absolute Gasteiger partial charge is 0.314 e. The maximum Gasteiger partial charge on any atom is 0.294 e. The van der Waals surface area contributed by atoms with Crippen LogP contribution in [0.25, 0.3) is 0 Å². The Kier molecular flexibility index (Phi) is 17.3. The maximum atomic E-state index is 11.8. The van der Waals surface area contributed by atoms with Crippen molar-refractivity contribution < 1.29 is 14.7 Å². The van der Waals surface area contributed by atoms with Gasteiger partial charge in [-0.2, -0.15) is 0 Å². The minimum Gasteiger partial charge on any atom is -0.314 e. The maximum absolute atomic E-state index is 11.8. The van der Waals surface area contributed by atoms with E-state index < -0.39 is 5.09 Å². The second-order valence-electron chi connectivity index (χ2n) is 3.99. The van der Waals surface area contributed by atoms with Crippen LogP contribution >= 0.6 is 11.8 Å². The van der Waals surface area contributed by atoms with Gasteiger partial charge < -0.3 is 10.2 Å². The highest BCUT2D eigenvalue weighted by atomic mass is 32.2. The first kappa shape index (κ1) is 25.8. The van der Waals surface area contributed by atoms with Crippen LogP contribution in [0, 0.1) is 10.1 Å². The summed E-state index contributed by atoms with van der Waals surface area (Å²) in [6.45, 7) is 9.72. The highest BCUT2D eigenvalue weighted by Crippen LogP contribution is 2.21. The second-order valence-corrected chi connectivity index (χ2v) is 4.89. The summed E-state index contributed by atoms with van der Waals surface area (Å²) >= 11 is 1.43. The summed E-state index contributed by atoms with van der Waals surface area (Å²) < 4.78 is 0. The summed E-state index contributed by atoms with van der Waals surface area (Å²) in [4.78, 5) is 34.9. The number of pyridine rings is 1. The summed E-state index contributed by atoms with van der Waals surface area (Å²) in [6, 6.07) is 3.31. The summed E-state index contributed by atoms with van der Waals surface area (Å²) in [5, 5.41) is 11.8. The first-order valence-electron chi connectivity index (χ1n) is 8.29. The zero-order valence-corrected chi connectivity index (χ0v) is 17.0. The number of aliphatic imine (C=N–C) groups is 1. The third-order valence-corrected chi connectivity index (χ3v) is 3.55. The lowest BCUT2D eigenvalue weighted by Crippen LogP contribution is -2.21. The summed E-state index contributed by atoms with van der Waals surface area (Å²) in [7, 11) is 0. The van der Waals surface area contributed by atoms with Gasteiger partial charge in [-0.15, -0.1) is 21.9 Å². The topological polar surface area (TPSA) is 107 Å². The molecule has 146 valence electrons. The van der Waals surface area contributed by atoms with Crippen LogP contribution in [-0.4, -0.2) is 35.2 Å². The number of thioether (sulfide) groups is 1. The lowest BCUT2D eigenvalue weighted by molar-refractivity contribution is -0.757. The van der Waals surface area contributed by atoms with Gasteiger partial charge in [0.05, 0.1) is 11.9 Å². The van der Waals surface area contributed by atoms with Crippen LogP contribution in [0.3, 0.4) is 0 Å². The molecule has 0 atom stereocenters. The van der Waals surface area contributed by atoms with Crippen LogP contribution < -0.4 is 5.32 Å². The Hall–Kier alpha value is -2.42. The van der Waals surface area contributed by atoms with Gasteiger partial charge in [0, 0.05) is 29.4 Å². The van der Waals surface area contributed by atoms with Crippen LogP contribution in [0.2, 0.25) is 0 Å². The van der Waals surface area contributed by atoms with Gasteiger partial charge in [0.1, 0.15) is 6.61 Å². The van der Waals surface area contributed by atoms with Crippen LogP contribution in [0.4, 0.5) is 0 Å². The van der Waals surface area contributed by atoms with Gasteiger partial charge in [0.15, 0.2) is 0 Å². The molecule has 0 aromatic carbocycles. The van der Waals surface area contributed by atoms with Crippen LogP contribution in [0.5, 0.6) is 0 Å². The van der Waals surface area contributed by atoms with Crippen molar-refractivity contribution in [3.05, 3.63) is 50.8 Å².